The third-order valence-electron chi connectivity index (χ3n) is 4.98. The second kappa shape index (κ2) is 9.71. The Labute approximate surface area is 172 Å². The predicted molar refractivity (Wildman–Crippen MR) is 115 cm³/mol. The number of nitrogens with zero attached hydrogens (tertiary/aromatic N) is 2. The minimum atomic E-state index is -3.58. The van der Waals surface area contributed by atoms with Crippen molar-refractivity contribution in [1.82, 2.24) is 9.21 Å². The van der Waals surface area contributed by atoms with Crippen LogP contribution in [0.25, 0.3) is 0 Å². The van der Waals surface area contributed by atoms with Crippen molar-refractivity contribution in [3.8, 4) is 0 Å². The molecule has 3 rings (SSSR count). The number of hydrogen-bond donors (Lipinski definition) is 1. The Morgan fingerprint density at radius 3 is 2.45 bits per heavy atom. The number of carbonyl (C=O) groups is 1. The second-order valence-electron chi connectivity index (χ2n) is 6.97. The molecule has 1 amide bonds. The molecule has 0 saturated carbocycles. The largest absolute Gasteiger partial charge is 0.382 e. The van der Waals surface area contributed by atoms with E-state index in [1.165, 1.54) is 4.31 Å². The molecule has 0 atom stereocenters. The van der Waals surface area contributed by atoms with Crippen molar-refractivity contribution in [2.24, 2.45) is 0 Å². The summed E-state index contributed by atoms with van der Waals surface area (Å²) >= 11 is 0. The summed E-state index contributed by atoms with van der Waals surface area (Å²) < 4.78 is 27.4. The maximum absolute atomic E-state index is 13.0. The van der Waals surface area contributed by atoms with E-state index in [-0.39, 0.29) is 10.8 Å². The highest BCUT2D eigenvalue weighted by Gasteiger charge is 2.30. The van der Waals surface area contributed by atoms with Gasteiger partial charge in [0, 0.05) is 44.8 Å². The lowest BCUT2D eigenvalue weighted by molar-refractivity contribution is -0.132. The number of benzene rings is 2. The van der Waals surface area contributed by atoms with Crippen LogP contribution in [-0.2, 0) is 21.2 Å². The quantitative estimate of drug-likeness (QED) is 0.676. The molecule has 0 radical (unpaired) electrons. The minimum absolute atomic E-state index is 0.0709. The first-order chi connectivity index (χ1) is 14.0. The van der Waals surface area contributed by atoms with E-state index < -0.39 is 10.0 Å². The van der Waals surface area contributed by atoms with E-state index in [1.54, 1.807) is 29.2 Å². The van der Waals surface area contributed by atoms with Crippen LogP contribution in [0, 0.1) is 0 Å². The Bertz CT molecular complexity index is 937. The van der Waals surface area contributed by atoms with Gasteiger partial charge in [-0.1, -0.05) is 42.5 Å². The van der Waals surface area contributed by atoms with E-state index in [2.05, 4.69) is 11.9 Å². The van der Waals surface area contributed by atoms with Gasteiger partial charge in [-0.15, -0.1) is 6.58 Å². The first-order valence-corrected chi connectivity index (χ1v) is 11.2. The Morgan fingerprint density at radius 2 is 1.76 bits per heavy atom. The highest BCUT2D eigenvalue weighted by atomic mass is 32.2. The molecule has 154 valence electrons. The standard InChI is InChI=1S/C22H27N3O3S/c1-2-13-23-20-9-6-10-21(18-20)29(27,28)25-16-14-24(15-17-25)22(26)12-11-19-7-4-3-5-8-19/h2-10,18,23H,1,11-17H2. The molecular weight excluding hydrogens is 386 g/mol. The molecule has 1 aliphatic rings. The van der Waals surface area contributed by atoms with Gasteiger partial charge in [0.25, 0.3) is 0 Å². The van der Waals surface area contributed by atoms with Crippen molar-refractivity contribution in [3.05, 3.63) is 72.8 Å². The third-order valence-corrected chi connectivity index (χ3v) is 6.88. The molecule has 2 aromatic rings. The molecule has 0 spiro atoms. The van der Waals surface area contributed by atoms with Gasteiger partial charge in [-0.05, 0) is 30.2 Å². The maximum Gasteiger partial charge on any atom is 0.243 e. The molecule has 7 heteroatoms. The minimum Gasteiger partial charge on any atom is -0.382 e. The van der Waals surface area contributed by atoms with Crippen molar-refractivity contribution >= 4 is 21.6 Å². The summed E-state index contributed by atoms with van der Waals surface area (Å²) in [4.78, 5) is 14.5. The zero-order valence-electron chi connectivity index (χ0n) is 16.5. The molecule has 0 unspecified atom stereocenters. The van der Waals surface area contributed by atoms with Gasteiger partial charge in [-0.3, -0.25) is 4.79 Å². The lowest BCUT2D eigenvalue weighted by atomic mass is 10.1. The molecule has 1 N–H and O–H groups in total. The number of carbonyl (C=O) groups excluding carboxylic acids is 1. The lowest BCUT2D eigenvalue weighted by Gasteiger charge is -2.34. The topological polar surface area (TPSA) is 69.7 Å². The number of rotatable bonds is 8. The number of amides is 1. The number of anilines is 1. The summed E-state index contributed by atoms with van der Waals surface area (Å²) in [6.07, 6.45) is 2.85. The maximum atomic E-state index is 13.0. The smallest absolute Gasteiger partial charge is 0.243 e. The lowest BCUT2D eigenvalue weighted by Crippen LogP contribution is -2.50. The van der Waals surface area contributed by atoms with E-state index in [0.717, 1.165) is 11.3 Å². The average Bonchev–Trinajstić information content (AvgIpc) is 2.77. The molecule has 1 saturated heterocycles. The van der Waals surface area contributed by atoms with Gasteiger partial charge in [-0.2, -0.15) is 4.31 Å². The average molecular weight is 414 g/mol. The van der Waals surface area contributed by atoms with Gasteiger partial charge in [-0.25, -0.2) is 8.42 Å². The molecule has 6 nitrogen and oxygen atoms in total. The van der Waals surface area contributed by atoms with E-state index in [9.17, 15) is 13.2 Å². The first-order valence-electron chi connectivity index (χ1n) is 9.77. The zero-order chi connectivity index (χ0) is 20.7. The number of sulfonamides is 1. The first kappa shape index (κ1) is 21.1. The van der Waals surface area contributed by atoms with Crippen molar-refractivity contribution in [2.75, 3.05) is 38.0 Å². The summed E-state index contributed by atoms with van der Waals surface area (Å²) in [6.45, 7) is 5.67. The van der Waals surface area contributed by atoms with Gasteiger partial charge < -0.3 is 10.2 Å². The predicted octanol–water partition coefficient (Wildman–Crippen LogP) is 2.75. The Hall–Kier alpha value is -2.64. The molecule has 1 heterocycles. The van der Waals surface area contributed by atoms with Crippen molar-refractivity contribution in [3.63, 3.8) is 0 Å². The summed E-state index contributed by atoms with van der Waals surface area (Å²) in [5.74, 6) is 0.0709. The fraction of sp³-hybridized carbons (Fsp3) is 0.318. The van der Waals surface area contributed by atoms with Crippen LogP contribution in [0.5, 0.6) is 0 Å². The zero-order valence-corrected chi connectivity index (χ0v) is 17.3. The molecule has 0 bridgehead atoms. The van der Waals surface area contributed by atoms with Crippen LogP contribution in [-0.4, -0.2) is 56.3 Å². The highest BCUT2D eigenvalue weighted by molar-refractivity contribution is 7.89. The number of piperazine rings is 1. The highest BCUT2D eigenvalue weighted by Crippen LogP contribution is 2.21. The molecule has 0 aromatic heterocycles. The van der Waals surface area contributed by atoms with Gasteiger partial charge in [0.2, 0.25) is 15.9 Å². The van der Waals surface area contributed by atoms with Crippen LogP contribution in [0.3, 0.4) is 0 Å². The monoisotopic (exact) mass is 413 g/mol. The normalized spacial score (nSPS) is 15.1. The molecular formula is C22H27N3O3S. The molecule has 29 heavy (non-hydrogen) atoms. The SMILES string of the molecule is C=CCNc1cccc(S(=O)(=O)N2CCN(C(=O)CCc3ccccc3)CC2)c1. The van der Waals surface area contributed by atoms with Crippen LogP contribution in [0.4, 0.5) is 5.69 Å². The Kier molecular flexibility index (Phi) is 7.06. The molecule has 1 aliphatic heterocycles. The van der Waals surface area contributed by atoms with Crippen molar-refractivity contribution in [1.29, 1.82) is 0 Å². The third kappa shape index (κ3) is 5.46. The number of nitrogens with one attached hydrogen (secondary N) is 1. The van der Waals surface area contributed by atoms with Crippen LogP contribution in [0.15, 0.2) is 72.1 Å². The number of aryl methyl sites for hydroxylation is 1. The Morgan fingerprint density at radius 1 is 1.03 bits per heavy atom. The van der Waals surface area contributed by atoms with Gasteiger partial charge in [0.05, 0.1) is 4.90 Å². The number of hydrogen-bond acceptors (Lipinski definition) is 4. The summed E-state index contributed by atoms with van der Waals surface area (Å²) in [7, 11) is -3.58. The van der Waals surface area contributed by atoms with E-state index >= 15 is 0 Å². The summed E-state index contributed by atoms with van der Waals surface area (Å²) in [6, 6.07) is 16.7. The fourth-order valence-corrected chi connectivity index (χ4v) is 4.81. The van der Waals surface area contributed by atoms with Crippen molar-refractivity contribution < 1.29 is 13.2 Å². The molecule has 1 fully saturated rings. The molecule has 2 aromatic carbocycles. The van der Waals surface area contributed by atoms with Gasteiger partial charge in [0.1, 0.15) is 0 Å². The van der Waals surface area contributed by atoms with Crippen molar-refractivity contribution in [2.45, 2.75) is 17.7 Å². The van der Waals surface area contributed by atoms with Gasteiger partial charge in [0.15, 0.2) is 0 Å². The van der Waals surface area contributed by atoms with E-state index in [0.29, 0.717) is 45.6 Å². The van der Waals surface area contributed by atoms with Crippen LogP contribution in [0.2, 0.25) is 0 Å². The van der Waals surface area contributed by atoms with Crippen LogP contribution >= 0.6 is 0 Å². The van der Waals surface area contributed by atoms with E-state index in [4.69, 9.17) is 0 Å². The Balaban J connectivity index is 1.56. The molecule has 0 aliphatic carbocycles. The fourth-order valence-electron chi connectivity index (χ4n) is 3.34. The van der Waals surface area contributed by atoms with Gasteiger partial charge >= 0.3 is 0 Å². The summed E-state index contributed by atoms with van der Waals surface area (Å²) in [5, 5.41) is 3.11. The van der Waals surface area contributed by atoms with Crippen LogP contribution < -0.4 is 5.32 Å². The summed E-state index contributed by atoms with van der Waals surface area (Å²) in [5.41, 5.74) is 1.87. The van der Waals surface area contributed by atoms with E-state index in [1.807, 2.05) is 36.4 Å². The second-order valence-corrected chi connectivity index (χ2v) is 8.91. The van der Waals surface area contributed by atoms with Crippen LogP contribution in [0.1, 0.15) is 12.0 Å².